The molecule has 1 heterocycles. The summed E-state index contributed by atoms with van der Waals surface area (Å²) in [4.78, 5) is 5.97. The van der Waals surface area contributed by atoms with Gasteiger partial charge in [0.05, 0.1) is 5.69 Å². The monoisotopic (exact) mass is 278 g/mol. The van der Waals surface area contributed by atoms with Crippen LogP contribution in [0.1, 0.15) is 18.1 Å². The molecule has 2 nitrogen and oxygen atoms in total. The fourth-order valence-corrected chi connectivity index (χ4v) is 2.13. The summed E-state index contributed by atoms with van der Waals surface area (Å²) in [6.07, 6.45) is 3.49. The fraction of sp³-hybridized carbons (Fsp3) is 0.267. The molecule has 0 saturated carbocycles. The third kappa shape index (κ3) is 3.44. The largest absolute Gasteiger partial charge is 0.365 e. The van der Waals surface area contributed by atoms with Gasteiger partial charge in [-0.1, -0.05) is 6.07 Å². The predicted octanol–water partition coefficient (Wildman–Crippen LogP) is 3.99. The average Bonchev–Trinajstić information content (AvgIpc) is 2.46. The maximum atomic E-state index is 14.1. The number of nitrogens with zero attached hydrogens (tertiary/aromatic N) is 2. The van der Waals surface area contributed by atoms with Crippen molar-refractivity contribution >= 4 is 17.3 Å². The fourth-order valence-electron chi connectivity index (χ4n) is 1.97. The van der Waals surface area contributed by atoms with Crippen LogP contribution in [-0.4, -0.2) is 11.5 Å². The highest BCUT2D eigenvalue weighted by Crippen LogP contribution is 2.23. The minimum atomic E-state index is -0.228. The van der Waals surface area contributed by atoms with Crippen LogP contribution in [0, 0.1) is 5.82 Å². The zero-order valence-electron chi connectivity index (χ0n) is 10.8. The van der Waals surface area contributed by atoms with E-state index in [1.165, 1.54) is 6.07 Å². The molecule has 0 aliphatic rings. The van der Waals surface area contributed by atoms with E-state index in [1.807, 2.05) is 30.0 Å². The van der Waals surface area contributed by atoms with Crippen LogP contribution in [0.5, 0.6) is 0 Å². The normalized spacial score (nSPS) is 10.5. The number of anilines is 1. The summed E-state index contributed by atoms with van der Waals surface area (Å²) in [5, 5.41) is 0. The van der Waals surface area contributed by atoms with E-state index in [2.05, 4.69) is 4.98 Å². The SMILES string of the molecule is CCN(Cc1ccncc1)c1ccc(CCl)cc1F. The molecule has 0 N–H and O–H groups in total. The first-order valence-electron chi connectivity index (χ1n) is 6.22. The van der Waals surface area contributed by atoms with Crippen LogP contribution in [0.4, 0.5) is 10.1 Å². The molecule has 0 bridgehead atoms. The minimum absolute atomic E-state index is 0.228. The van der Waals surface area contributed by atoms with Crippen molar-refractivity contribution in [2.45, 2.75) is 19.3 Å². The lowest BCUT2D eigenvalue weighted by Crippen LogP contribution is -2.23. The lowest BCUT2D eigenvalue weighted by molar-refractivity contribution is 0.616. The third-order valence-corrected chi connectivity index (χ3v) is 3.32. The van der Waals surface area contributed by atoms with Crippen molar-refractivity contribution in [3.63, 3.8) is 0 Å². The molecule has 4 heteroatoms. The second-order valence-corrected chi connectivity index (χ2v) is 4.56. The van der Waals surface area contributed by atoms with Gasteiger partial charge in [0.1, 0.15) is 5.82 Å². The zero-order chi connectivity index (χ0) is 13.7. The Morgan fingerprint density at radius 1 is 1.16 bits per heavy atom. The number of hydrogen-bond acceptors (Lipinski definition) is 2. The van der Waals surface area contributed by atoms with Gasteiger partial charge < -0.3 is 4.90 Å². The summed E-state index contributed by atoms with van der Waals surface area (Å²) in [7, 11) is 0. The number of alkyl halides is 1. The maximum Gasteiger partial charge on any atom is 0.146 e. The number of halogens is 2. The van der Waals surface area contributed by atoms with Crippen LogP contribution in [0.3, 0.4) is 0 Å². The summed E-state index contributed by atoms with van der Waals surface area (Å²) >= 11 is 5.71. The molecular formula is C15H16ClFN2. The second kappa shape index (κ2) is 6.53. The topological polar surface area (TPSA) is 16.1 Å². The van der Waals surface area contributed by atoms with Gasteiger partial charge in [0.2, 0.25) is 0 Å². The molecule has 1 aromatic carbocycles. The van der Waals surface area contributed by atoms with Gasteiger partial charge in [0, 0.05) is 31.4 Å². The lowest BCUT2D eigenvalue weighted by Gasteiger charge is -2.24. The van der Waals surface area contributed by atoms with Crippen LogP contribution < -0.4 is 4.90 Å². The molecule has 0 aliphatic carbocycles. The van der Waals surface area contributed by atoms with Crippen molar-refractivity contribution in [2.75, 3.05) is 11.4 Å². The molecule has 0 saturated heterocycles. The van der Waals surface area contributed by atoms with Crippen LogP contribution in [0.2, 0.25) is 0 Å². The van der Waals surface area contributed by atoms with Crippen molar-refractivity contribution in [1.82, 2.24) is 4.98 Å². The van der Waals surface area contributed by atoms with E-state index < -0.39 is 0 Å². The highest BCUT2D eigenvalue weighted by atomic mass is 35.5. The molecule has 2 aromatic rings. The minimum Gasteiger partial charge on any atom is -0.365 e. The molecule has 0 aliphatic heterocycles. The summed E-state index contributed by atoms with van der Waals surface area (Å²) in [6, 6.07) is 9.03. The van der Waals surface area contributed by atoms with Gasteiger partial charge in [-0.15, -0.1) is 11.6 Å². The smallest absolute Gasteiger partial charge is 0.146 e. The summed E-state index contributed by atoms with van der Waals surface area (Å²) in [6.45, 7) is 3.41. The number of benzene rings is 1. The van der Waals surface area contributed by atoms with Crippen LogP contribution in [0.25, 0.3) is 0 Å². The quantitative estimate of drug-likeness (QED) is 0.769. The molecule has 0 unspecified atom stereocenters. The number of rotatable bonds is 5. The molecule has 19 heavy (non-hydrogen) atoms. The van der Waals surface area contributed by atoms with Crippen molar-refractivity contribution in [2.24, 2.45) is 0 Å². The second-order valence-electron chi connectivity index (χ2n) is 4.29. The Balaban J connectivity index is 2.22. The first kappa shape index (κ1) is 13.8. The van der Waals surface area contributed by atoms with Gasteiger partial charge >= 0.3 is 0 Å². The molecule has 0 radical (unpaired) electrons. The van der Waals surface area contributed by atoms with Gasteiger partial charge in [-0.05, 0) is 42.3 Å². The highest BCUT2D eigenvalue weighted by molar-refractivity contribution is 6.17. The van der Waals surface area contributed by atoms with E-state index >= 15 is 0 Å². The molecular weight excluding hydrogens is 263 g/mol. The Kier molecular flexibility index (Phi) is 4.74. The number of pyridine rings is 1. The van der Waals surface area contributed by atoms with Crippen molar-refractivity contribution in [3.05, 3.63) is 59.7 Å². The first-order chi connectivity index (χ1) is 9.24. The Morgan fingerprint density at radius 2 is 1.89 bits per heavy atom. The molecule has 2 rings (SSSR count). The molecule has 100 valence electrons. The molecule has 0 amide bonds. The van der Waals surface area contributed by atoms with Gasteiger partial charge in [-0.2, -0.15) is 0 Å². The Bertz CT molecular complexity index is 531. The summed E-state index contributed by atoms with van der Waals surface area (Å²) < 4.78 is 14.1. The summed E-state index contributed by atoms with van der Waals surface area (Å²) in [5.41, 5.74) is 2.51. The Hall–Kier alpha value is -1.61. The van der Waals surface area contributed by atoms with E-state index in [9.17, 15) is 4.39 Å². The van der Waals surface area contributed by atoms with E-state index in [-0.39, 0.29) is 5.82 Å². The molecule has 1 aromatic heterocycles. The summed E-state index contributed by atoms with van der Waals surface area (Å²) in [5.74, 6) is 0.0993. The third-order valence-electron chi connectivity index (χ3n) is 3.01. The average molecular weight is 279 g/mol. The number of hydrogen-bond donors (Lipinski definition) is 0. The Labute approximate surface area is 117 Å². The highest BCUT2D eigenvalue weighted by Gasteiger charge is 2.11. The van der Waals surface area contributed by atoms with Crippen LogP contribution in [-0.2, 0) is 12.4 Å². The van der Waals surface area contributed by atoms with Gasteiger partial charge in [-0.25, -0.2) is 4.39 Å². The molecule has 0 fully saturated rings. The first-order valence-corrected chi connectivity index (χ1v) is 6.76. The maximum absolute atomic E-state index is 14.1. The van der Waals surface area contributed by atoms with E-state index in [0.717, 1.165) is 17.7 Å². The van der Waals surface area contributed by atoms with Gasteiger partial charge in [0.25, 0.3) is 0 Å². The van der Waals surface area contributed by atoms with E-state index in [4.69, 9.17) is 11.6 Å². The van der Waals surface area contributed by atoms with Crippen molar-refractivity contribution < 1.29 is 4.39 Å². The zero-order valence-corrected chi connectivity index (χ0v) is 11.6. The van der Waals surface area contributed by atoms with E-state index in [0.29, 0.717) is 18.1 Å². The van der Waals surface area contributed by atoms with Crippen LogP contribution in [0.15, 0.2) is 42.7 Å². The van der Waals surface area contributed by atoms with Crippen LogP contribution >= 0.6 is 11.6 Å². The molecule has 0 atom stereocenters. The van der Waals surface area contributed by atoms with E-state index in [1.54, 1.807) is 18.5 Å². The standard InChI is InChI=1S/C15H16ClFN2/c1-2-19(11-12-5-7-18-8-6-12)15-4-3-13(10-16)9-14(15)17/h3-9H,2,10-11H2,1H3. The van der Waals surface area contributed by atoms with Gasteiger partial charge in [0.15, 0.2) is 0 Å². The predicted molar refractivity (Wildman–Crippen MR) is 76.9 cm³/mol. The Morgan fingerprint density at radius 3 is 2.47 bits per heavy atom. The lowest BCUT2D eigenvalue weighted by atomic mass is 10.2. The molecule has 0 spiro atoms. The van der Waals surface area contributed by atoms with Gasteiger partial charge in [-0.3, -0.25) is 4.98 Å². The number of aromatic nitrogens is 1. The van der Waals surface area contributed by atoms with Crippen molar-refractivity contribution in [3.8, 4) is 0 Å². The van der Waals surface area contributed by atoms with Crippen molar-refractivity contribution in [1.29, 1.82) is 0 Å².